The van der Waals surface area contributed by atoms with E-state index in [1.54, 1.807) is 49.4 Å². The third-order valence-electron chi connectivity index (χ3n) is 6.72. The average molecular weight is 740 g/mol. The number of ether oxygens (including phenoxy) is 5. The number of hydrogen-bond acceptors (Lipinski definition) is 10. The number of rotatable bonds is 12. The highest BCUT2D eigenvalue weighted by molar-refractivity contribution is 14.1. The molecule has 1 atom stereocenters. The molecule has 0 spiro atoms. The molecule has 3 amide bonds. The predicted molar refractivity (Wildman–Crippen MR) is 175 cm³/mol. The highest BCUT2D eigenvalue weighted by atomic mass is 127. The number of urea groups is 1. The summed E-state index contributed by atoms with van der Waals surface area (Å²) in [4.78, 5) is 37.0. The van der Waals surface area contributed by atoms with Crippen LogP contribution in [0.15, 0.2) is 71.0 Å². The van der Waals surface area contributed by atoms with Crippen molar-refractivity contribution in [3.05, 3.63) is 91.7 Å². The van der Waals surface area contributed by atoms with Crippen LogP contribution in [-0.2, 0) is 20.9 Å². The van der Waals surface area contributed by atoms with Gasteiger partial charge in [-0.15, -0.1) is 0 Å². The average Bonchev–Trinajstić information content (AvgIpc) is 3.05. The van der Waals surface area contributed by atoms with Gasteiger partial charge in [0.2, 0.25) is 0 Å². The first-order valence-corrected chi connectivity index (χ1v) is 14.7. The van der Waals surface area contributed by atoms with Gasteiger partial charge in [-0.05, 0) is 71.0 Å². The standard InChI is InChI=1S/C32H30IN5O8/c1-18-28(31(40)44-4)29(37-32(41)36-18)20-9-10-24(25(13-20)42-2)45-17-27(39)38-35-15-19-11-23(33)30(26(12-19)43-3)46-16-22-8-6-5-7-21(22)14-34/h5-13,15,29H,16-17H2,1-4H3,(H,38,39)(H2,36,37,41)/b35-15-/t29-/m0/s1. The van der Waals surface area contributed by atoms with Gasteiger partial charge < -0.3 is 34.3 Å². The minimum absolute atomic E-state index is 0.187. The number of benzene rings is 3. The van der Waals surface area contributed by atoms with Gasteiger partial charge >= 0.3 is 12.0 Å². The second-order valence-corrected chi connectivity index (χ2v) is 10.8. The summed E-state index contributed by atoms with van der Waals surface area (Å²) in [5.74, 6) is 0.392. The summed E-state index contributed by atoms with van der Waals surface area (Å²) >= 11 is 2.11. The van der Waals surface area contributed by atoms with Crippen molar-refractivity contribution in [2.75, 3.05) is 27.9 Å². The molecule has 3 N–H and O–H groups in total. The highest BCUT2D eigenvalue weighted by Crippen LogP contribution is 2.35. The maximum Gasteiger partial charge on any atom is 0.337 e. The number of hydrazone groups is 1. The van der Waals surface area contributed by atoms with Crippen molar-refractivity contribution < 1.29 is 38.1 Å². The van der Waals surface area contributed by atoms with E-state index in [0.717, 1.165) is 9.13 Å². The van der Waals surface area contributed by atoms with Crippen molar-refractivity contribution in [2.24, 2.45) is 5.10 Å². The molecule has 4 rings (SSSR count). The zero-order chi connectivity index (χ0) is 33.2. The van der Waals surface area contributed by atoms with E-state index in [1.165, 1.54) is 27.5 Å². The quantitative estimate of drug-likeness (QED) is 0.107. The fourth-order valence-corrected chi connectivity index (χ4v) is 5.30. The number of methoxy groups -OCH3 is 3. The van der Waals surface area contributed by atoms with Crippen LogP contribution in [-0.4, -0.2) is 52.1 Å². The number of nitrogens with one attached hydrogen (secondary N) is 3. The lowest BCUT2D eigenvalue weighted by atomic mass is 9.95. The number of allylic oxidation sites excluding steroid dienone is 1. The number of esters is 1. The third-order valence-corrected chi connectivity index (χ3v) is 7.52. The van der Waals surface area contributed by atoms with Gasteiger partial charge in [-0.1, -0.05) is 24.3 Å². The van der Waals surface area contributed by atoms with E-state index in [4.69, 9.17) is 23.7 Å². The van der Waals surface area contributed by atoms with Crippen molar-refractivity contribution in [1.29, 1.82) is 5.26 Å². The first-order valence-electron chi connectivity index (χ1n) is 13.7. The smallest absolute Gasteiger partial charge is 0.337 e. The fourth-order valence-electron chi connectivity index (χ4n) is 4.52. The number of carbonyl (C=O) groups excluding carboxylic acids is 3. The van der Waals surface area contributed by atoms with Crippen LogP contribution in [0.3, 0.4) is 0 Å². The molecule has 0 radical (unpaired) electrons. The SMILES string of the molecule is COC(=O)C1=C(C)NC(=O)N[C@H]1c1ccc(OCC(=O)N/N=C\c2cc(I)c(OCc3ccccc3C#N)c(OC)c2)c(OC)c1. The molecule has 1 heterocycles. The van der Waals surface area contributed by atoms with Gasteiger partial charge in [-0.3, -0.25) is 4.79 Å². The van der Waals surface area contributed by atoms with Crippen LogP contribution in [0.25, 0.3) is 0 Å². The van der Waals surface area contributed by atoms with Crippen LogP contribution >= 0.6 is 22.6 Å². The van der Waals surface area contributed by atoms with Crippen molar-refractivity contribution in [2.45, 2.75) is 19.6 Å². The van der Waals surface area contributed by atoms with Gasteiger partial charge in [-0.2, -0.15) is 10.4 Å². The summed E-state index contributed by atoms with van der Waals surface area (Å²) < 4.78 is 28.2. The first kappa shape index (κ1) is 33.6. The van der Waals surface area contributed by atoms with Gasteiger partial charge in [0.15, 0.2) is 29.6 Å². The van der Waals surface area contributed by atoms with Crippen LogP contribution in [0.4, 0.5) is 4.79 Å². The number of carbonyl (C=O) groups is 3. The van der Waals surface area contributed by atoms with Gasteiger partial charge in [0.1, 0.15) is 6.61 Å². The van der Waals surface area contributed by atoms with Gasteiger partial charge in [0.05, 0.1) is 54.4 Å². The van der Waals surface area contributed by atoms with E-state index in [2.05, 4.69) is 49.8 Å². The number of nitrogens with zero attached hydrogens (tertiary/aromatic N) is 2. The Morgan fingerprint density at radius 2 is 1.80 bits per heavy atom. The Morgan fingerprint density at radius 3 is 2.52 bits per heavy atom. The van der Waals surface area contributed by atoms with E-state index in [1.807, 2.05) is 12.1 Å². The molecule has 0 saturated carbocycles. The van der Waals surface area contributed by atoms with Crippen LogP contribution in [0, 0.1) is 14.9 Å². The lowest BCUT2D eigenvalue weighted by molar-refractivity contribution is -0.136. The Kier molecular flexibility index (Phi) is 11.4. The monoisotopic (exact) mass is 739 g/mol. The molecule has 3 aromatic carbocycles. The zero-order valence-electron chi connectivity index (χ0n) is 25.3. The topological polar surface area (TPSA) is 170 Å². The van der Waals surface area contributed by atoms with E-state index < -0.39 is 23.9 Å². The van der Waals surface area contributed by atoms with Crippen molar-refractivity contribution in [3.63, 3.8) is 0 Å². The summed E-state index contributed by atoms with van der Waals surface area (Å²) in [6.07, 6.45) is 1.45. The summed E-state index contributed by atoms with van der Waals surface area (Å²) in [7, 11) is 4.20. The molecule has 1 aliphatic heterocycles. The molecule has 3 aromatic rings. The number of nitriles is 1. The van der Waals surface area contributed by atoms with Crippen molar-refractivity contribution >= 4 is 46.7 Å². The summed E-state index contributed by atoms with van der Waals surface area (Å²) in [5, 5.41) is 18.6. The zero-order valence-corrected chi connectivity index (χ0v) is 27.5. The molecule has 14 heteroatoms. The third kappa shape index (κ3) is 8.04. The van der Waals surface area contributed by atoms with Crippen LogP contribution in [0.2, 0.25) is 0 Å². The van der Waals surface area contributed by atoms with Gasteiger partial charge in [0, 0.05) is 11.3 Å². The normalized spacial score (nSPS) is 14.1. The summed E-state index contributed by atoms with van der Waals surface area (Å²) in [5.41, 5.74) is 5.50. The van der Waals surface area contributed by atoms with Crippen LogP contribution in [0.1, 0.15) is 35.2 Å². The molecule has 46 heavy (non-hydrogen) atoms. The van der Waals surface area contributed by atoms with E-state index in [0.29, 0.717) is 33.9 Å². The van der Waals surface area contributed by atoms with Gasteiger partial charge in [0.25, 0.3) is 5.91 Å². The molecule has 0 saturated heterocycles. The fraction of sp³-hybridized carbons (Fsp3) is 0.219. The lowest BCUT2D eigenvalue weighted by Crippen LogP contribution is -2.45. The molecule has 0 fully saturated rings. The Balaban J connectivity index is 1.38. The largest absolute Gasteiger partial charge is 0.493 e. The number of hydrogen-bond donors (Lipinski definition) is 3. The second kappa shape index (κ2) is 15.6. The minimum atomic E-state index is -0.788. The second-order valence-electron chi connectivity index (χ2n) is 9.65. The molecule has 238 valence electrons. The molecular weight excluding hydrogens is 709 g/mol. The highest BCUT2D eigenvalue weighted by Gasteiger charge is 2.32. The molecule has 13 nitrogen and oxygen atoms in total. The summed E-state index contributed by atoms with van der Waals surface area (Å²) in [6.45, 7) is 1.42. The van der Waals surface area contributed by atoms with Crippen molar-refractivity contribution in [1.82, 2.24) is 16.1 Å². The van der Waals surface area contributed by atoms with E-state index in [9.17, 15) is 19.6 Å². The lowest BCUT2D eigenvalue weighted by Gasteiger charge is -2.28. The molecule has 0 unspecified atom stereocenters. The molecule has 0 aromatic heterocycles. The summed E-state index contributed by atoms with van der Waals surface area (Å²) in [6, 6.07) is 16.4. The number of halogens is 1. The molecule has 0 bridgehead atoms. The van der Waals surface area contributed by atoms with E-state index in [-0.39, 0.29) is 30.3 Å². The van der Waals surface area contributed by atoms with Crippen LogP contribution < -0.4 is 35.0 Å². The van der Waals surface area contributed by atoms with Gasteiger partial charge in [-0.25, -0.2) is 15.0 Å². The number of amides is 3. The molecule has 1 aliphatic rings. The predicted octanol–water partition coefficient (Wildman–Crippen LogP) is 4.09. The Bertz CT molecular complexity index is 1750. The molecular formula is C32H30IN5O8. The maximum atomic E-state index is 12.5. The Morgan fingerprint density at radius 1 is 1.04 bits per heavy atom. The Labute approximate surface area is 278 Å². The first-order chi connectivity index (χ1) is 22.2. The minimum Gasteiger partial charge on any atom is -0.493 e. The van der Waals surface area contributed by atoms with Crippen molar-refractivity contribution in [3.8, 4) is 29.1 Å². The molecule has 0 aliphatic carbocycles. The maximum absolute atomic E-state index is 12.5. The van der Waals surface area contributed by atoms with E-state index >= 15 is 0 Å². The Hall–Kier alpha value is -5.30. The van der Waals surface area contributed by atoms with Crippen LogP contribution in [0.5, 0.6) is 23.0 Å².